The van der Waals surface area contributed by atoms with Gasteiger partial charge >= 0.3 is 0 Å². The molecule has 4 N–H and O–H groups in total. The predicted octanol–water partition coefficient (Wildman–Crippen LogP) is 0.213. The first-order valence-corrected chi connectivity index (χ1v) is 6.05. The Labute approximate surface area is 106 Å². The highest BCUT2D eigenvalue weighted by Crippen LogP contribution is 2.20. The molecule has 5 nitrogen and oxygen atoms in total. The van der Waals surface area contributed by atoms with E-state index in [1.807, 2.05) is 18.2 Å². The first-order chi connectivity index (χ1) is 8.66. The van der Waals surface area contributed by atoms with Gasteiger partial charge in [-0.3, -0.25) is 14.9 Å². The molecule has 18 heavy (non-hydrogen) atoms. The van der Waals surface area contributed by atoms with Crippen LogP contribution in [0.2, 0.25) is 0 Å². The standard InChI is InChI=1S/C13H17N3O2/c14-11(17)5-6-12(18)16-13-10-4-2-1-3-9(10)7-8-15-13/h1-4,13,15H,5-8H2,(H2,14,17)(H,16,18). The third-order valence-corrected chi connectivity index (χ3v) is 3.01. The number of carbonyl (C=O) groups is 2. The number of carbonyl (C=O) groups excluding carboxylic acids is 2. The molecule has 0 saturated carbocycles. The smallest absolute Gasteiger partial charge is 0.221 e. The van der Waals surface area contributed by atoms with E-state index < -0.39 is 5.91 Å². The summed E-state index contributed by atoms with van der Waals surface area (Å²) in [6, 6.07) is 8.02. The topological polar surface area (TPSA) is 84.2 Å². The summed E-state index contributed by atoms with van der Waals surface area (Å²) in [5, 5.41) is 6.12. The van der Waals surface area contributed by atoms with Gasteiger partial charge in [0.15, 0.2) is 0 Å². The number of primary amides is 1. The summed E-state index contributed by atoms with van der Waals surface area (Å²) in [5.74, 6) is -0.620. The van der Waals surface area contributed by atoms with E-state index in [0.29, 0.717) is 0 Å². The van der Waals surface area contributed by atoms with Gasteiger partial charge in [0.25, 0.3) is 0 Å². The van der Waals surface area contributed by atoms with Crippen molar-refractivity contribution in [3.8, 4) is 0 Å². The molecule has 0 spiro atoms. The lowest BCUT2D eigenvalue weighted by atomic mass is 9.98. The van der Waals surface area contributed by atoms with Gasteiger partial charge in [-0.15, -0.1) is 0 Å². The van der Waals surface area contributed by atoms with Gasteiger partial charge in [0.1, 0.15) is 6.17 Å². The van der Waals surface area contributed by atoms with Crippen molar-refractivity contribution in [1.29, 1.82) is 0 Å². The van der Waals surface area contributed by atoms with Crippen LogP contribution < -0.4 is 16.4 Å². The van der Waals surface area contributed by atoms with E-state index in [4.69, 9.17) is 5.73 Å². The highest BCUT2D eigenvalue weighted by Gasteiger charge is 2.20. The van der Waals surface area contributed by atoms with E-state index in [2.05, 4.69) is 16.7 Å². The maximum atomic E-state index is 11.7. The second-order valence-electron chi connectivity index (χ2n) is 4.37. The molecule has 96 valence electrons. The number of hydrogen-bond donors (Lipinski definition) is 3. The summed E-state index contributed by atoms with van der Waals surface area (Å²) < 4.78 is 0. The lowest BCUT2D eigenvalue weighted by Crippen LogP contribution is -2.42. The fourth-order valence-electron chi connectivity index (χ4n) is 2.10. The van der Waals surface area contributed by atoms with Crippen LogP contribution in [0.1, 0.15) is 30.1 Å². The number of rotatable bonds is 4. The van der Waals surface area contributed by atoms with Gasteiger partial charge in [-0.1, -0.05) is 24.3 Å². The Hall–Kier alpha value is -1.88. The van der Waals surface area contributed by atoms with Crippen molar-refractivity contribution in [2.75, 3.05) is 6.54 Å². The maximum Gasteiger partial charge on any atom is 0.221 e. The van der Waals surface area contributed by atoms with E-state index in [-0.39, 0.29) is 24.9 Å². The Morgan fingerprint density at radius 2 is 2.11 bits per heavy atom. The van der Waals surface area contributed by atoms with Crippen LogP contribution in [0.5, 0.6) is 0 Å². The second-order valence-corrected chi connectivity index (χ2v) is 4.37. The summed E-state index contributed by atoms with van der Waals surface area (Å²) in [5.41, 5.74) is 7.36. The molecule has 0 bridgehead atoms. The molecular formula is C13H17N3O2. The van der Waals surface area contributed by atoms with Crippen molar-refractivity contribution >= 4 is 11.8 Å². The van der Waals surface area contributed by atoms with E-state index in [1.165, 1.54) is 5.56 Å². The first-order valence-electron chi connectivity index (χ1n) is 6.05. The minimum absolute atomic E-state index is 0.0835. The molecule has 0 aliphatic carbocycles. The van der Waals surface area contributed by atoms with Crippen molar-refractivity contribution in [2.45, 2.75) is 25.4 Å². The Balaban J connectivity index is 1.98. The quantitative estimate of drug-likeness (QED) is 0.711. The largest absolute Gasteiger partial charge is 0.370 e. The molecule has 2 rings (SSSR count). The van der Waals surface area contributed by atoms with Crippen molar-refractivity contribution in [3.05, 3.63) is 35.4 Å². The zero-order valence-electron chi connectivity index (χ0n) is 10.1. The molecule has 1 heterocycles. The molecule has 0 fully saturated rings. The maximum absolute atomic E-state index is 11.7. The number of benzene rings is 1. The van der Waals surface area contributed by atoms with Gasteiger partial charge in [-0.2, -0.15) is 0 Å². The van der Waals surface area contributed by atoms with Crippen LogP contribution in [-0.2, 0) is 16.0 Å². The molecule has 1 unspecified atom stereocenters. The van der Waals surface area contributed by atoms with Gasteiger partial charge in [0.2, 0.25) is 11.8 Å². The van der Waals surface area contributed by atoms with E-state index in [1.54, 1.807) is 0 Å². The van der Waals surface area contributed by atoms with Gasteiger partial charge in [-0.25, -0.2) is 0 Å². The van der Waals surface area contributed by atoms with Crippen LogP contribution in [0.25, 0.3) is 0 Å². The van der Waals surface area contributed by atoms with Crippen molar-refractivity contribution in [2.24, 2.45) is 5.73 Å². The number of nitrogens with one attached hydrogen (secondary N) is 2. The molecule has 0 saturated heterocycles. The zero-order valence-corrected chi connectivity index (χ0v) is 10.1. The van der Waals surface area contributed by atoms with Gasteiger partial charge in [0, 0.05) is 19.4 Å². The average Bonchev–Trinajstić information content (AvgIpc) is 2.37. The second kappa shape index (κ2) is 5.64. The highest BCUT2D eigenvalue weighted by atomic mass is 16.2. The Kier molecular flexibility index (Phi) is 3.94. The molecule has 1 aromatic carbocycles. The summed E-state index contributed by atoms with van der Waals surface area (Å²) in [7, 11) is 0. The number of nitrogens with two attached hydrogens (primary N) is 1. The molecule has 1 aromatic rings. The summed E-state index contributed by atoms with van der Waals surface area (Å²) in [6.07, 6.45) is 1.01. The first kappa shape index (κ1) is 12.6. The predicted molar refractivity (Wildman–Crippen MR) is 67.5 cm³/mol. The van der Waals surface area contributed by atoms with Gasteiger partial charge in [-0.05, 0) is 17.5 Å². The molecule has 5 heteroatoms. The van der Waals surface area contributed by atoms with Crippen molar-refractivity contribution in [3.63, 3.8) is 0 Å². The third kappa shape index (κ3) is 3.07. The summed E-state index contributed by atoms with van der Waals surface area (Å²) in [4.78, 5) is 22.3. The Morgan fingerprint density at radius 3 is 2.89 bits per heavy atom. The highest BCUT2D eigenvalue weighted by molar-refractivity contribution is 5.83. The molecule has 0 radical (unpaired) electrons. The van der Waals surface area contributed by atoms with Gasteiger partial charge < -0.3 is 11.1 Å². The molecule has 2 amide bonds. The van der Waals surface area contributed by atoms with Crippen molar-refractivity contribution < 1.29 is 9.59 Å². The zero-order chi connectivity index (χ0) is 13.0. The molecule has 1 aliphatic heterocycles. The van der Waals surface area contributed by atoms with Crippen LogP contribution in [0.15, 0.2) is 24.3 Å². The monoisotopic (exact) mass is 247 g/mol. The Morgan fingerprint density at radius 1 is 1.33 bits per heavy atom. The molecule has 1 atom stereocenters. The van der Waals surface area contributed by atoms with Crippen LogP contribution in [-0.4, -0.2) is 18.4 Å². The fourth-order valence-corrected chi connectivity index (χ4v) is 2.10. The van der Waals surface area contributed by atoms with Crippen LogP contribution >= 0.6 is 0 Å². The molecule has 1 aliphatic rings. The average molecular weight is 247 g/mol. The normalized spacial score (nSPS) is 17.9. The van der Waals surface area contributed by atoms with Crippen LogP contribution in [0, 0.1) is 0 Å². The van der Waals surface area contributed by atoms with E-state index in [0.717, 1.165) is 18.5 Å². The van der Waals surface area contributed by atoms with Crippen LogP contribution in [0.3, 0.4) is 0 Å². The fraction of sp³-hybridized carbons (Fsp3) is 0.385. The SMILES string of the molecule is NC(=O)CCC(=O)NC1NCCc2ccccc21. The molecular weight excluding hydrogens is 230 g/mol. The number of amides is 2. The lowest BCUT2D eigenvalue weighted by molar-refractivity contribution is -0.125. The van der Waals surface area contributed by atoms with Gasteiger partial charge in [0.05, 0.1) is 0 Å². The third-order valence-electron chi connectivity index (χ3n) is 3.01. The number of hydrogen-bond acceptors (Lipinski definition) is 3. The number of fused-ring (bicyclic) bond motifs is 1. The minimum atomic E-state index is -0.456. The summed E-state index contributed by atoms with van der Waals surface area (Å²) >= 11 is 0. The summed E-state index contributed by atoms with van der Waals surface area (Å²) in [6.45, 7) is 0.831. The lowest BCUT2D eigenvalue weighted by Gasteiger charge is -2.27. The van der Waals surface area contributed by atoms with E-state index >= 15 is 0 Å². The van der Waals surface area contributed by atoms with E-state index in [9.17, 15) is 9.59 Å². The Bertz CT molecular complexity index is 459. The van der Waals surface area contributed by atoms with Crippen molar-refractivity contribution in [1.82, 2.24) is 10.6 Å². The molecule has 0 aromatic heterocycles. The minimum Gasteiger partial charge on any atom is -0.370 e. The van der Waals surface area contributed by atoms with Crippen LogP contribution in [0.4, 0.5) is 0 Å².